The van der Waals surface area contributed by atoms with Gasteiger partial charge in [0.15, 0.2) is 0 Å². The molecule has 5 fully saturated rings. The first-order chi connectivity index (χ1) is 68.8. The molecule has 8 heterocycles. The van der Waals surface area contributed by atoms with Crippen LogP contribution in [0.1, 0.15) is 514 Å². The molecule has 0 N–H and O–H groups in total. The largest absolute Gasteiger partial charge is 0.341 e. The molecule has 5 aliphatic rings. The van der Waals surface area contributed by atoms with E-state index >= 15 is 0 Å². The van der Waals surface area contributed by atoms with Gasteiger partial charge in [0, 0.05) is 171 Å². The number of piperidine rings is 5. The van der Waals surface area contributed by atoms with Gasteiger partial charge in [-0.1, -0.05) is 195 Å². The standard InChI is InChI=1S/C117H225N23O5.2CH4/c1-35-49-66-127(67-50-36-2)99-118-100(128(68-51-37-3)69-52-38-4)121-103(120-99)132(95-86-110(19,20)137(142-80-45-11)111(21,22)87-95)75-62-58-60-64-77-134(97-90-114(27,28)139(144-82-47-13)115(29,30)91-97)106-124-105(131(74-57-43-9)94-84-108(15,16)136(141-79-44-10)109(17,18)85-94)125-107(126-106)135(98-92-116(31,32)140(145-83-48-14)117(33,34)93-98)78-65-61-59-63-76-133(96-88-112(23,24)138(143-81-46-12)113(25,26)89-96)104-122-101(129(70-53-39-5)71-54-40-6)119-102(123-104)130(72-55-41-7)73-56-42-8;;/h94-98H,35-93H2,1-34H3;2*1H4. The molecule has 854 valence electrons. The SMILES string of the molecule is C.C.CCCCN(CCCC)c1nc(N(CCCC)CCCC)nc(N(CCCCCCN(c2nc(N(CCCC)C3CC(C)(C)N(OCCC)C(C)(C)C3)nc(N(CCCCCCN(c3nc(N(CCCC)CCCC)nc(N(CCCC)CCCC)n3)C3CC(C)(C)N(OCCC)C(C)(C)C3)C3CC(C)(C)N(OCCC)C(C)(C)C3)n2)C2CC(C)(C)N(OCCC)C(C)(C)C2)C2CC(C)(C)N(OCCC)C(C)(C)C2)n1. The first-order valence-electron chi connectivity index (χ1n) is 60.0. The molecule has 5 saturated heterocycles. The van der Waals surface area contributed by atoms with Crippen LogP contribution in [0.5, 0.6) is 0 Å². The van der Waals surface area contributed by atoms with Gasteiger partial charge < -0.3 is 44.1 Å². The average molecular weight is 2070 g/mol. The summed E-state index contributed by atoms with van der Waals surface area (Å²) in [6.45, 7) is 94.9. The van der Waals surface area contributed by atoms with Gasteiger partial charge in [-0.3, -0.25) is 24.2 Å². The summed E-state index contributed by atoms with van der Waals surface area (Å²) in [6.07, 6.45) is 41.1. The summed E-state index contributed by atoms with van der Waals surface area (Å²) in [5.41, 5.74) is -3.02. The number of unbranched alkanes of at least 4 members (excludes halogenated alkanes) is 15. The van der Waals surface area contributed by atoms with E-state index in [1.54, 1.807) is 0 Å². The molecule has 5 aliphatic heterocycles. The van der Waals surface area contributed by atoms with Crippen molar-refractivity contribution in [2.45, 2.75) is 599 Å². The summed E-state index contributed by atoms with van der Waals surface area (Å²) in [7, 11) is 0. The van der Waals surface area contributed by atoms with Crippen molar-refractivity contribution in [1.29, 1.82) is 0 Å². The van der Waals surface area contributed by atoms with Crippen molar-refractivity contribution in [3.8, 4) is 0 Å². The lowest BCUT2D eigenvalue weighted by Crippen LogP contribution is -2.65. The van der Waals surface area contributed by atoms with Crippen molar-refractivity contribution >= 4 is 53.5 Å². The molecule has 0 unspecified atom stereocenters. The summed E-state index contributed by atoms with van der Waals surface area (Å²) >= 11 is 0. The lowest BCUT2D eigenvalue weighted by molar-refractivity contribution is -0.282. The molecule has 0 atom stereocenters. The summed E-state index contributed by atoms with van der Waals surface area (Å²) in [4.78, 5) is 111. The molecule has 0 saturated carbocycles. The number of nitrogens with zero attached hydrogens (tertiary/aromatic N) is 23. The molecule has 8 rings (SSSR count). The van der Waals surface area contributed by atoms with Gasteiger partial charge in [0.25, 0.3) is 0 Å². The molecule has 0 aliphatic carbocycles. The molecular formula is C119H233N23O5. The highest BCUT2D eigenvalue weighted by molar-refractivity contribution is 5.52. The number of rotatable bonds is 70. The predicted molar refractivity (Wildman–Crippen MR) is 626 cm³/mol. The normalized spacial score (nSPS) is 19.6. The fourth-order valence-corrected chi connectivity index (χ4v) is 25.5. The van der Waals surface area contributed by atoms with Gasteiger partial charge in [-0.25, -0.2) is 0 Å². The molecule has 3 aromatic heterocycles. The van der Waals surface area contributed by atoms with Crippen molar-refractivity contribution in [1.82, 2.24) is 70.2 Å². The van der Waals surface area contributed by atoms with E-state index in [9.17, 15) is 0 Å². The van der Waals surface area contributed by atoms with Crippen LogP contribution in [0.2, 0.25) is 0 Å². The van der Waals surface area contributed by atoms with Crippen LogP contribution in [0.15, 0.2) is 0 Å². The Balaban J connectivity index is 0.0000165. The van der Waals surface area contributed by atoms with Gasteiger partial charge in [0.2, 0.25) is 53.5 Å². The third-order valence-electron chi connectivity index (χ3n) is 31.5. The Morgan fingerprint density at radius 1 is 0.177 bits per heavy atom. The Kier molecular flexibility index (Phi) is 54.5. The zero-order chi connectivity index (χ0) is 107. The summed E-state index contributed by atoms with van der Waals surface area (Å²) < 4.78 is 0. The Labute approximate surface area is 904 Å². The zero-order valence-electron chi connectivity index (χ0n) is 100. The van der Waals surface area contributed by atoms with Crippen LogP contribution in [0.25, 0.3) is 0 Å². The predicted octanol–water partition coefficient (Wildman–Crippen LogP) is 28.3. The van der Waals surface area contributed by atoms with Gasteiger partial charge in [-0.05, 0) is 318 Å². The van der Waals surface area contributed by atoms with Crippen LogP contribution in [-0.2, 0) is 24.2 Å². The highest BCUT2D eigenvalue weighted by Gasteiger charge is 2.55. The van der Waals surface area contributed by atoms with Gasteiger partial charge in [-0.15, -0.1) is 0 Å². The molecule has 28 heteroatoms. The summed E-state index contributed by atoms with van der Waals surface area (Å²) in [5, 5.41) is 11.8. The molecule has 3 aromatic rings. The lowest BCUT2D eigenvalue weighted by atomic mass is 9.78. The first-order valence-corrected chi connectivity index (χ1v) is 60.0. The number of hydroxylamine groups is 10. The van der Waals surface area contributed by atoms with Gasteiger partial charge >= 0.3 is 0 Å². The molecule has 0 aromatic carbocycles. The molecule has 28 nitrogen and oxygen atoms in total. The van der Waals surface area contributed by atoms with Crippen LogP contribution >= 0.6 is 0 Å². The molecular weight excluding hydrogens is 1830 g/mol. The van der Waals surface area contributed by atoms with E-state index in [4.69, 9.17) is 69.0 Å². The van der Waals surface area contributed by atoms with E-state index in [2.05, 4.69) is 305 Å². The van der Waals surface area contributed by atoms with Crippen LogP contribution < -0.4 is 44.1 Å². The molecule has 147 heavy (non-hydrogen) atoms. The van der Waals surface area contributed by atoms with E-state index in [-0.39, 0.29) is 100 Å². The number of anilines is 9. The maximum atomic E-state index is 6.96. The van der Waals surface area contributed by atoms with Crippen molar-refractivity contribution < 1.29 is 24.2 Å². The maximum absolute atomic E-state index is 6.96. The van der Waals surface area contributed by atoms with E-state index < -0.39 is 0 Å². The van der Waals surface area contributed by atoms with Gasteiger partial charge in [-0.2, -0.15) is 70.2 Å². The molecule has 0 amide bonds. The van der Waals surface area contributed by atoms with Crippen molar-refractivity contribution in [3.05, 3.63) is 0 Å². The van der Waals surface area contributed by atoms with Crippen molar-refractivity contribution in [3.63, 3.8) is 0 Å². The second-order valence-electron chi connectivity index (χ2n) is 50.7. The van der Waals surface area contributed by atoms with Crippen molar-refractivity contribution in [2.75, 3.05) is 162 Å². The van der Waals surface area contributed by atoms with Gasteiger partial charge in [0.1, 0.15) is 0 Å². The summed E-state index contributed by atoms with van der Waals surface area (Å²) in [6, 6.07) is 0.509. The second kappa shape index (κ2) is 61.4. The van der Waals surface area contributed by atoms with E-state index in [1.807, 2.05) is 0 Å². The molecule has 0 bridgehead atoms. The van der Waals surface area contributed by atoms with E-state index in [0.717, 1.165) is 402 Å². The monoisotopic (exact) mass is 2060 g/mol. The number of hydrogen-bond donors (Lipinski definition) is 0. The first kappa shape index (κ1) is 130. The minimum atomic E-state index is -0.338. The quantitative estimate of drug-likeness (QED) is 0.0481. The fourth-order valence-electron chi connectivity index (χ4n) is 25.5. The van der Waals surface area contributed by atoms with Crippen LogP contribution in [0, 0.1) is 0 Å². The average Bonchev–Trinajstić information content (AvgIpc) is 0.760. The number of hydrogen-bond acceptors (Lipinski definition) is 28. The molecule has 0 radical (unpaired) electrons. The Morgan fingerprint density at radius 3 is 0.435 bits per heavy atom. The van der Waals surface area contributed by atoms with Crippen molar-refractivity contribution in [2.24, 2.45) is 0 Å². The van der Waals surface area contributed by atoms with E-state index in [1.165, 1.54) is 0 Å². The lowest BCUT2D eigenvalue weighted by Gasteiger charge is -2.56. The highest BCUT2D eigenvalue weighted by Crippen LogP contribution is 2.50. The maximum Gasteiger partial charge on any atom is 0.232 e. The van der Waals surface area contributed by atoms with Crippen LogP contribution in [0.3, 0.4) is 0 Å². The van der Waals surface area contributed by atoms with Crippen LogP contribution in [-0.4, -0.2) is 274 Å². The van der Waals surface area contributed by atoms with Gasteiger partial charge in [0.05, 0.1) is 33.0 Å². The minimum Gasteiger partial charge on any atom is -0.341 e. The highest BCUT2D eigenvalue weighted by atomic mass is 16.7. The zero-order valence-corrected chi connectivity index (χ0v) is 100. The Bertz CT molecular complexity index is 3690. The van der Waals surface area contributed by atoms with E-state index in [0.29, 0.717) is 33.0 Å². The number of aromatic nitrogens is 9. The Morgan fingerprint density at radius 2 is 0.299 bits per heavy atom. The summed E-state index contributed by atoms with van der Waals surface area (Å²) in [5.74, 6) is 7.33. The second-order valence-corrected chi connectivity index (χ2v) is 50.7. The van der Waals surface area contributed by atoms with Crippen LogP contribution in [0.4, 0.5) is 53.5 Å². The topological polar surface area (TPSA) is 208 Å². The fraction of sp³-hybridized carbons (Fsp3) is 0.924. The molecule has 0 spiro atoms. The smallest absolute Gasteiger partial charge is 0.232 e. The third-order valence-corrected chi connectivity index (χ3v) is 31.5. The Hall–Kier alpha value is -5.17. The minimum absolute atomic E-state index is 0. The third kappa shape index (κ3) is 37.0.